The molecule has 2 N–H and O–H groups in total. The van der Waals surface area contributed by atoms with Gasteiger partial charge in [0.1, 0.15) is 6.61 Å². The van der Waals surface area contributed by atoms with E-state index in [-0.39, 0.29) is 12.2 Å². The third-order valence-corrected chi connectivity index (χ3v) is 2.80. The van der Waals surface area contributed by atoms with Crippen LogP contribution in [0.3, 0.4) is 0 Å². The molecule has 0 spiro atoms. The van der Waals surface area contributed by atoms with Gasteiger partial charge in [-0.3, -0.25) is 0 Å². The van der Waals surface area contributed by atoms with Crippen LogP contribution in [0.2, 0.25) is 5.02 Å². The van der Waals surface area contributed by atoms with E-state index in [9.17, 15) is 4.79 Å². The summed E-state index contributed by atoms with van der Waals surface area (Å²) in [5, 5.41) is 0.307. The fraction of sp³-hybridized carbons (Fsp3) is 0.500. The molecule has 0 radical (unpaired) electrons. The number of methoxy groups -OCH3 is 1. The molecule has 7 heteroatoms. The van der Waals surface area contributed by atoms with Crippen molar-refractivity contribution in [3.8, 4) is 0 Å². The summed E-state index contributed by atoms with van der Waals surface area (Å²) in [6.45, 7) is 2.42. The molecule has 0 saturated carbocycles. The first-order valence-corrected chi connectivity index (χ1v) is 6.89. The van der Waals surface area contributed by atoms with Crippen molar-refractivity contribution in [1.29, 1.82) is 0 Å². The van der Waals surface area contributed by atoms with Crippen molar-refractivity contribution in [3.05, 3.63) is 28.8 Å². The zero-order valence-electron chi connectivity index (χ0n) is 12.0. The molecule has 6 nitrogen and oxygen atoms in total. The molecule has 0 fully saturated rings. The van der Waals surface area contributed by atoms with Crippen LogP contribution in [0.5, 0.6) is 0 Å². The summed E-state index contributed by atoms with van der Waals surface area (Å²) in [6, 6.07) is 4.66. The first kappa shape index (κ1) is 17.7. The highest BCUT2D eigenvalue weighted by Crippen LogP contribution is 2.19. The topological polar surface area (TPSA) is 80.0 Å². The molecule has 1 rings (SSSR count). The molecule has 1 aromatic rings. The van der Waals surface area contributed by atoms with Gasteiger partial charge in [0.2, 0.25) is 0 Å². The number of benzene rings is 1. The average molecular weight is 318 g/mol. The van der Waals surface area contributed by atoms with Crippen LogP contribution in [0.25, 0.3) is 0 Å². The highest BCUT2D eigenvalue weighted by atomic mass is 35.5. The van der Waals surface area contributed by atoms with Gasteiger partial charge in [0.25, 0.3) is 0 Å². The number of nitrogen functional groups attached to an aromatic ring is 1. The molecule has 118 valence electrons. The number of esters is 1. The first-order valence-electron chi connectivity index (χ1n) is 6.51. The van der Waals surface area contributed by atoms with E-state index in [0.29, 0.717) is 43.7 Å². The van der Waals surface area contributed by atoms with Crippen molar-refractivity contribution in [3.63, 3.8) is 0 Å². The van der Waals surface area contributed by atoms with Gasteiger partial charge in [0.05, 0.1) is 43.6 Å². The van der Waals surface area contributed by atoms with Crippen LogP contribution in [0.15, 0.2) is 18.2 Å². The standard InChI is InChI=1S/C14H20ClNO5/c1-18-4-5-19-6-7-20-8-9-21-14(17)12-10-11(16)2-3-13(12)15/h2-3,10H,4-9,16H2,1H3. The fourth-order valence-corrected chi connectivity index (χ4v) is 1.63. The van der Waals surface area contributed by atoms with Crippen LogP contribution >= 0.6 is 11.6 Å². The third kappa shape index (κ3) is 7.29. The molecule has 1 aromatic carbocycles. The number of ether oxygens (including phenoxy) is 4. The van der Waals surface area contributed by atoms with E-state index in [1.165, 1.54) is 6.07 Å². The minimum atomic E-state index is -0.521. The highest BCUT2D eigenvalue weighted by Gasteiger charge is 2.11. The van der Waals surface area contributed by atoms with Gasteiger partial charge >= 0.3 is 5.97 Å². The number of carbonyl (C=O) groups excluding carboxylic acids is 1. The van der Waals surface area contributed by atoms with Crippen LogP contribution in [-0.2, 0) is 18.9 Å². The van der Waals surface area contributed by atoms with Crippen LogP contribution < -0.4 is 5.73 Å². The lowest BCUT2D eigenvalue weighted by molar-refractivity contribution is 0.00571. The Bertz CT molecular complexity index is 441. The Balaban J connectivity index is 2.12. The number of hydrogen-bond acceptors (Lipinski definition) is 6. The maximum absolute atomic E-state index is 11.8. The maximum Gasteiger partial charge on any atom is 0.339 e. The van der Waals surface area contributed by atoms with Gasteiger partial charge < -0.3 is 24.7 Å². The maximum atomic E-state index is 11.8. The van der Waals surface area contributed by atoms with Crippen molar-refractivity contribution < 1.29 is 23.7 Å². The molecular formula is C14H20ClNO5. The molecule has 0 aliphatic rings. The number of hydrogen-bond donors (Lipinski definition) is 1. The van der Waals surface area contributed by atoms with Gasteiger partial charge in [-0.15, -0.1) is 0 Å². The molecule has 0 unspecified atom stereocenters. The average Bonchev–Trinajstić information content (AvgIpc) is 2.48. The fourth-order valence-electron chi connectivity index (χ4n) is 1.43. The van der Waals surface area contributed by atoms with Gasteiger partial charge in [0.15, 0.2) is 0 Å². The Hall–Kier alpha value is -1.34. The lowest BCUT2D eigenvalue weighted by Crippen LogP contribution is -2.14. The minimum absolute atomic E-state index is 0.141. The first-order chi connectivity index (χ1) is 10.1. The predicted octanol–water partition coefficient (Wildman–Crippen LogP) is 1.76. The molecule has 0 aliphatic heterocycles. The molecule has 0 saturated heterocycles. The molecular weight excluding hydrogens is 298 g/mol. The molecule has 0 bridgehead atoms. The zero-order chi connectivity index (χ0) is 15.5. The molecule has 21 heavy (non-hydrogen) atoms. The van der Waals surface area contributed by atoms with Crippen molar-refractivity contribution in [1.82, 2.24) is 0 Å². The van der Waals surface area contributed by atoms with Gasteiger partial charge in [0, 0.05) is 12.8 Å². The van der Waals surface area contributed by atoms with Crippen molar-refractivity contribution in [2.75, 3.05) is 52.5 Å². The van der Waals surface area contributed by atoms with Crippen molar-refractivity contribution >= 4 is 23.3 Å². The Morgan fingerprint density at radius 3 is 2.38 bits per heavy atom. The van der Waals surface area contributed by atoms with Gasteiger partial charge in [-0.25, -0.2) is 4.79 Å². The lowest BCUT2D eigenvalue weighted by atomic mass is 10.2. The smallest absolute Gasteiger partial charge is 0.339 e. The summed E-state index contributed by atoms with van der Waals surface area (Å²) in [7, 11) is 1.61. The molecule has 0 aliphatic carbocycles. The lowest BCUT2D eigenvalue weighted by Gasteiger charge is -2.08. The minimum Gasteiger partial charge on any atom is -0.460 e. The van der Waals surface area contributed by atoms with E-state index in [1.54, 1.807) is 19.2 Å². The number of anilines is 1. The number of carbonyl (C=O) groups is 1. The quantitative estimate of drug-likeness (QED) is 0.402. The predicted molar refractivity (Wildman–Crippen MR) is 79.7 cm³/mol. The van der Waals surface area contributed by atoms with Crippen LogP contribution in [-0.4, -0.2) is 52.7 Å². The van der Waals surface area contributed by atoms with E-state index >= 15 is 0 Å². The van der Waals surface area contributed by atoms with Crippen molar-refractivity contribution in [2.45, 2.75) is 0 Å². The summed E-state index contributed by atoms with van der Waals surface area (Å²) in [6.07, 6.45) is 0. The van der Waals surface area contributed by atoms with Gasteiger partial charge in [-0.05, 0) is 18.2 Å². The van der Waals surface area contributed by atoms with Gasteiger partial charge in [-0.1, -0.05) is 11.6 Å². The number of rotatable bonds is 10. The van der Waals surface area contributed by atoms with E-state index in [2.05, 4.69) is 0 Å². The number of nitrogens with two attached hydrogens (primary N) is 1. The molecule has 0 heterocycles. The Labute approximate surface area is 129 Å². The second-order valence-electron chi connectivity index (χ2n) is 4.09. The molecule has 0 atom stereocenters. The molecule has 0 aromatic heterocycles. The van der Waals surface area contributed by atoms with Gasteiger partial charge in [-0.2, -0.15) is 0 Å². The zero-order valence-corrected chi connectivity index (χ0v) is 12.7. The highest BCUT2D eigenvalue weighted by molar-refractivity contribution is 6.33. The SMILES string of the molecule is COCCOCCOCCOC(=O)c1cc(N)ccc1Cl. The summed E-state index contributed by atoms with van der Waals surface area (Å²) < 4.78 is 20.3. The second-order valence-corrected chi connectivity index (χ2v) is 4.50. The van der Waals surface area contributed by atoms with Crippen LogP contribution in [0.1, 0.15) is 10.4 Å². The Morgan fingerprint density at radius 1 is 1.10 bits per heavy atom. The summed E-state index contributed by atoms with van der Waals surface area (Å²) in [5.74, 6) is -0.521. The van der Waals surface area contributed by atoms with Crippen LogP contribution in [0.4, 0.5) is 5.69 Å². The van der Waals surface area contributed by atoms with E-state index in [0.717, 1.165) is 0 Å². The molecule has 0 amide bonds. The van der Waals surface area contributed by atoms with Crippen LogP contribution in [0, 0.1) is 0 Å². The van der Waals surface area contributed by atoms with E-state index in [1.807, 2.05) is 0 Å². The monoisotopic (exact) mass is 317 g/mol. The summed E-state index contributed by atoms with van der Waals surface area (Å²) >= 11 is 5.90. The third-order valence-electron chi connectivity index (χ3n) is 2.47. The normalized spacial score (nSPS) is 10.6. The Morgan fingerprint density at radius 2 is 1.71 bits per heavy atom. The Kier molecular flexibility index (Phi) is 8.77. The second kappa shape index (κ2) is 10.4. The van der Waals surface area contributed by atoms with E-state index < -0.39 is 5.97 Å². The van der Waals surface area contributed by atoms with Crippen molar-refractivity contribution in [2.24, 2.45) is 0 Å². The number of halogens is 1. The van der Waals surface area contributed by atoms with E-state index in [4.69, 9.17) is 36.3 Å². The summed E-state index contributed by atoms with van der Waals surface area (Å²) in [4.78, 5) is 11.8. The summed E-state index contributed by atoms with van der Waals surface area (Å²) in [5.41, 5.74) is 6.30. The largest absolute Gasteiger partial charge is 0.460 e.